The molecule has 0 radical (unpaired) electrons. The SMILES string of the molecule is CCN1CCCC1CN=C1NC(=NC2CCCCCC2)NC(N)(c2ccc3c(c2)OCO3)N1. The minimum Gasteiger partial charge on any atom is -0.454 e. The normalized spacial score (nSPS) is 30.7. The third-order valence-electron chi connectivity index (χ3n) is 7.20. The molecule has 1 aromatic carbocycles. The molecule has 9 nitrogen and oxygen atoms in total. The third-order valence-corrected chi connectivity index (χ3v) is 7.20. The van der Waals surface area contributed by atoms with Crippen LogP contribution in [0.15, 0.2) is 28.2 Å². The van der Waals surface area contributed by atoms with Gasteiger partial charge in [0.1, 0.15) is 0 Å². The maximum absolute atomic E-state index is 6.90. The van der Waals surface area contributed by atoms with E-state index in [0.29, 0.717) is 29.8 Å². The Morgan fingerprint density at radius 2 is 1.82 bits per heavy atom. The molecule has 9 heteroatoms. The van der Waals surface area contributed by atoms with Gasteiger partial charge in [-0.3, -0.25) is 20.9 Å². The maximum Gasteiger partial charge on any atom is 0.231 e. The van der Waals surface area contributed by atoms with Gasteiger partial charge in [0.2, 0.25) is 18.7 Å². The Hall–Kier alpha value is -2.52. The summed E-state index contributed by atoms with van der Waals surface area (Å²) in [6, 6.07) is 6.54. The molecule has 3 heterocycles. The van der Waals surface area contributed by atoms with E-state index < -0.39 is 5.79 Å². The van der Waals surface area contributed by atoms with Crippen molar-refractivity contribution in [3.05, 3.63) is 23.8 Å². The van der Waals surface area contributed by atoms with E-state index >= 15 is 0 Å². The van der Waals surface area contributed by atoms with Crippen LogP contribution in [0.3, 0.4) is 0 Å². The van der Waals surface area contributed by atoms with Crippen LogP contribution in [-0.2, 0) is 5.79 Å². The fourth-order valence-corrected chi connectivity index (χ4v) is 5.29. The summed E-state index contributed by atoms with van der Waals surface area (Å²) in [7, 11) is 0. The van der Waals surface area contributed by atoms with Crippen LogP contribution in [0.4, 0.5) is 0 Å². The molecule has 180 valence electrons. The summed E-state index contributed by atoms with van der Waals surface area (Å²) in [5.74, 6) is 1.71. The number of aliphatic imine (C=N–C) groups is 2. The van der Waals surface area contributed by atoms with E-state index in [1.54, 1.807) is 0 Å². The molecule has 4 aliphatic rings. The summed E-state index contributed by atoms with van der Waals surface area (Å²) in [6.07, 6.45) is 9.69. The molecule has 33 heavy (non-hydrogen) atoms. The van der Waals surface area contributed by atoms with E-state index in [2.05, 4.69) is 27.8 Å². The van der Waals surface area contributed by atoms with Gasteiger partial charge in [-0.2, -0.15) is 0 Å². The average molecular weight is 456 g/mol. The zero-order valence-electron chi connectivity index (χ0n) is 19.6. The van der Waals surface area contributed by atoms with Crippen LogP contribution in [0.1, 0.15) is 63.9 Å². The van der Waals surface area contributed by atoms with E-state index in [-0.39, 0.29) is 6.79 Å². The van der Waals surface area contributed by atoms with Crippen LogP contribution in [0, 0.1) is 0 Å². The second-order valence-corrected chi connectivity index (χ2v) is 9.49. The highest BCUT2D eigenvalue weighted by Gasteiger charge is 2.36. The van der Waals surface area contributed by atoms with Crippen molar-refractivity contribution in [2.75, 3.05) is 26.4 Å². The van der Waals surface area contributed by atoms with Gasteiger partial charge in [0, 0.05) is 11.6 Å². The lowest BCUT2D eigenvalue weighted by Crippen LogP contribution is -2.73. The lowest BCUT2D eigenvalue weighted by atomic mass is 10.1. The minimum absolute atomic E-state index is 0.231. The molecule has 5 N–H and O–H groups in total. The number of likely N-dealkylation sites (tertiary alicyclic amines) is 1. The van der Waals surface area contributed by atoms with Crippen LogP contribution >= 0.6 is 0 Å². The topological polar surface area (TPSA) is 109 Å². The highest BCUT2D eigenvalue weighted by atomic mass is 16.7. The lowest BCUT2D eigenvalue weighted by Gasteiger charge is -2.39. The number of ether oxygens (including phenoxy) is 2. The molecule has 1 saturated carbocycles. The molecule has 1 aromatic rings. The summed E-state index contributed by atoms with van der Waals surface area (Å²) in [4.78, 5) is 12.5. The van der Waals surface area contributed by atoms with Gasteiger partial charge in [0.05, 0.1) is 12.6 Å². The number of fused-ring (bicyclic) bond motifs is 1. The number of nitrogens with one attached hydrogen (secondary N) is 3. The Kier molecular flexibility index (Phi) is 6.59. The van der Waals surface area contributed by atoms with Crippen LogP contribution in [0.2, 0.25) is 0 Å². The van der Waals surface area contributed by atoms with Gasteiger partial charge in [0.15, 0.2) is 17.3 Å². The van der Waals surface area contributed by atoms with Crippen molar-refractivity contribution >= 4 is 11.9 Å². The molecule has 2 saturated heterocycles. The second-order valence-electron chi connectivity index (χ2n) is 9.49. The van der Waals surface area contributed by atoms with Crippen molar-refractivity contribution < 1.29 is 9.47 Å². The van der Waals surface area contributed by atoms with Crippen molar-refractivity contribution in [3.63, 3.8) is 0 Å². The van der Waals surface area contributed by atoms with Gasteiger partial charge in [0.25, 0.3) is 0 Å². The number of likely N-dealkylation sites (N-methyl/N-ethyl adjacent to an activating group) is 1. The summed E-state index contributed by atoms with van der Waals surface area (Å²) < 4.78 is 11.1. The van der Waals surface area contributed by atoms with E-state index in [4.69, 9.17) is 25.2 Å². The van der Waals surface area contributed by atoms with Gasteiger partial charge in [-0.25, -0.2) is 4.99 Å². The molecule has 3 fully saturated rings. The zero-order valence-corrected chi connectivity index (χ0v) is 19.6. The summed E-state index contributed by atoms with van der Waals surface area (Å²) >= 11 is 0. The van der Waals surface area contributed by atoms with Gasteiger partial charge in [-0.05, 0) is 57.0 Å². The molecule has 0 bridgehead atoms. The molecule has 0 spiro atoms. The van der Waals surface area contributed by atoms with E-state index in [9.17, 15) is 0 Å². The average Bonchev–Trinajstić information content (AvgIpc) is 3.41. The minimum atomic E-state index is -1.06. The lowest BCUT2D eigenvalue weighted by molar-refractivity contribution is 0.174. The van der Waals surface area contributed by atoms with Crippen molar-refractivity contribution in [3.8, 4) is 11.5 Å². The van der Waals surface area contributed by atoms with Gasteiger partial charge >= 0.3 is 0 Å². The van der Waals surface area contributed by atoms with E-state index in [0.717, 1.165) is 43.8 Å². The van der Waals surface area contributed by atoms with Crippen LogP contribution in [0.5, 0.6) is 11.5 Å². The number of hydrogen-bond acceptors (Lipinski definition) is 6. The van der Waals surface area contributed by atoms with Crippen LogP contribution < -0.4 is 31.2 Å². The Bertz CT molecular complexity index is 897. The highest BCUT2D eigenvalue weighted by molar-refractivity contribution is 6.01. The van der Waals surface area contributed by atoms with Gasteiger partial charge in [-0.1, -0.05) is 32.6 Å². The van der Waals surface area contributed by atoms with Crippen LogP contribution in [0.25, 0.3) is 0 Å². The Labute approximate surface area is 196 Å². The molecule has 3 aliphatic heterocycles. The van der Waals surface area contributed by atoms with Gasteiger partial charge in [-0.15, -0.1) is 0 Å². The Morgan fingerprint density at radius 3 is 2.64 bits per heavy atom. The second kappa shape index (κ2) is 9.77. The smallest absolute Gasteiger partial charge is 0.231 e. The zero-order chi connectivity index (χ0) is 22.7. The largest absolute Gasteiger partial charge is 0.454 e. The fourth-order valence-electron chi connectivity index (χ4n) is 5.29. The Morgan fingerprint density at radius 1 is 1.03 bits per heavy atom. The number of guanidine groups is 2. The third kappa shape index (κ3) is 5.04. The molecular weight excluding hydrogens is 418 g/mol. The van der Waals surface area contributed by atoms with Gasteiger partial charge < -0.3 is 20.1 Å². The first-order valence-corrected chi connectivity index (χ1v) is 12.5. The first-order valence-electron chi connectivity index (χ1n) is 12.5. The molecule has 2 atom stereocenters. The van der Waals surface area contributed by atoms with Crippen molar-refractivity contribution in [2.45, 2.75) is 76.2 Å². The van der Waals surface area contributed by atoms with Crippen LogP contribution in [-0.4, -0.2) is 55.3 Å². The maximum atomic E-state index is 6.90. The number of nitrogens with two attached hydrogens (primary N) is 1. The first kappa shape index (κ1) is 22.3. The predicted molar refractivity (Wildman–Crippen MR) is 129 cm³/mol. The molecule has 2 unspecified atom stereocenters. The molecule has 0 amide bonds. The standard InChI is InChI=1S/C24H37N7O2/c1-2-31-13-7-10-19(31)15-26-22-28-23(27-18-8-5-3-4-6-9-18)30-24(25,29-22)17-11-12-20-21(14-17)33-16-32-20/h11-12,14,18-19H,2-10,13,15-16,25H2,1H3,(H3,26,27,28,29,30). The van der Waals surface area contributed by atoms with Crippen molar-refractivity contribution in [1.82, 2.24) is 20.9 Å². The van der Waals surface area contributed by atoms with Crippen molar-refractivity contribution in [1.29, 1.82) is 0 Å². The number of benzene rings is 1. The van der Waals surface area contributed by atoms with E-state index in [1.165, 1.54) is 38.5 Å². The predicted octanol–water partition coefficient (Wildman–Crippen LogP) is 2.19. The quantitative estimate of drug-likeness (QED) is 0.504. The molecule has 5 rings (SSSR count). The monoisotopic (exact) mass is 455 g/mol. The Balaban J connectivity index is 1.40. The highest BCUT2D eigenvalue weighted by Crippen LogP contribution is 2.34. The number of hydrogen-bond donors (Lipinski definition) is 4. The van der Waals surface area contributed by atoms with E-state index in [1.807, 2.05) is 18.2 Å². The summed E-state index contributed by atoms with van der Waals surface area (Å²) in [5.41, 5.74) is 7.74. The summed E-state index contributed by atoms with van der Waals surface area (Å²) in [6.45, 7) is 5.39. The molecular formula is C24H37N7O2. The molecule has 0 aromatic heterocycles. The first-order chi connectivity index (χ1) is 16.1. The molecule has 1 aliphatic carbocycles. The van der Waals surface area contributed by atoms with Crippen molar-refractivity contribution in [2.24, 2.45) is 15.7 Å². The number of nitrogens with zero attached hydrogens (tertiary/aromatic N) is 3. The number of rotatable bonds is 5. The summed E-state index contributed by atoms with van der Waals surface area (Å²) in [5, 5.41) is 10.2. The fraction of sp³-hybridized carbons (Fsp3) is 0.667.